The molecule has 0 saturated carbocycles. The van der Waals surface area contributed by atoms with Gasteiger partial charge in [-0.05, 0) is 61.7 Å². The van der Waals surface area contributed by atoms with Gasteiger partial charge in [-0.2, -0.15) is 0 Å². The van der Waals surface area contributed by atoms with E-state index < -0.39 is 0 Å². The van der Waals surface area contributed by atoms with Crippen molar-refractivity contribution in [3.63, 3.8) is 0 Å². The van der Waals surface area contributed by atoms with Crippen LogP contribution >= 0.6 is 0 Å². The van der Waals surface area contributed by atoms with E-state index in [1.165, 1.54) is 23.4 Å². The van der Waals surface area contributed by atoms with Crippen LogP contribution in [0.15, 0.2) is 48.5 Å². The number of halogens is 1. The van der Waals surface area contributed by atoms with E-state index in [0.717, 1.165) is 19.4 Å². The Bertz CT molecular complexity index is 702. The topological polar surface area (TPSA) is 44.4 Å². The van der Waals surface area contributed by atoms with E-state index in [9.17, 15) is 9.18 Å². The van der Waals surface area contributed by atoms with Crippen molar-refractivity contribution < 1.29 is 9.18 Å². The summed E-state index contributed by atoms with van der Waals surface area (Å²) in [5.74, 6) is -0.319. The van der Waals surface area contributed by atoms with Crippen molar-refractivity contribution in [1.29, 1.82) is 0 Å². The Morgan fingerprint density at radius 2 is 2.04 bits per heavy atom. The summed E-state index contributed by atoms with van der Waals surface area (Å²) in [6.45, 7) is 3.68. The molecule has 3 rings (SSSR count). The van der Waals surface area contributed by atoms with Gasteiger partial charge < -0.3 is 15.5 Å². The monoisotopic (exact) mass is 327 g/mol. The zero-order chi connectivity index (χ0) is 16.9. The highest BCUT2D eigenvalue weighted by Gasteiger charge is 2.25. The Labute approximate surface area is 141 Å². The molecule has 0 bridgehead atoms. The van der Waals surface area contributed by atoms with Crippen molar-refractivity contribution in [3.8, 4) is 0 Å². The molecule has 5 heteroatoms. The lowest BCUT2D eigenvalue weighted by Crippen LogP contribution is -2.41. The second-order valence-electron chi connectivity index (χ2n) is 6.17. The molecule has 1 heterocycles. The van der Waals surface area contributed by atoms with Gasteiger partial charge in [0.25, 0.3) is 0 Å². The summed E-state index contributed by atoms with van der Waals surface area (Å²) >= 11 is 0. The van der Waals surface area contributed by atoms with E-state index in [0.29, 0.717) is 18.3 Å². The number of carbonyl (C=O) groups is 1. The third-order valence-corrected chi connectivity index (χ3v) is 4.31. The summed E-state index contributed by atoms with van der Waals surface area (Å²) in [7, 11) is 0. The second-order valence-corrected chi connectivity index (χ2v) is 6.17. The normalized spacial score (nSPS) is 16.9. The maximum atomic E-state index is 12.9. The molecule has 0 spiro atoms. The molecule has 126 valence electrons. The third kappa shape index (κ3) is 4.04. The summed E-state index contributed by atoms with van der Waals surface area (Å²) in [6, 6.07) is 14.2. The number of hydrogen-bond acceptors (Lipinski definition) is 2. The van der Waals surface area contributed by atoms with Crippen LogP contribution in [0.25, 0.3) is 0 Å². The lowest BCUT2D eigenvalue weighted by Gasteiger charge is -2.27. The summed E-state index contributed by atoms with van der Waals surface area (Å²) < 4.78 is 12.9. The van der Waals surface area contributed by atoms with Crippen molar-refractivity contribution >= 4 is 17.4 Å². The Balaban J connectivity index is 1.55. The Morgan fingerprint density at radius 3 is 2.79 bits per heavy atom. The number of aryl methyl sites for hydroxylation is 1. The number of benzene rings is 2. The van der Waals surface area contributed by atoms with Crippen LogP contribution in [0.4, 0.5) is 20.6 Å². The fourth-order valence-electron chi connectivity index (χ4n) is 3.11. The van der Waals surface area contributed by atoms with Crippen LogP contribution in [-0.4, -0.2) is 25.2 Å². The molecule has 1 aliphatic heterocycles. The molecule has 0 unspecified atom stereocenters. The van der Waals surface area contributed by atoms with Gasteiger partial charge in [-0.15, -0.1) is 0 Å². The lowest BCUT2D eigenvalue weighted by molar-refractivity contribution is 0.251. The molecule has 1 atom stereocenters. The predicted octanol–water partition coefficient (Wildman–Crippen LogP) is 3.92. The van der Waals surface area contributed by atoms with Crippen molar-refractivity contribution in [1.82, 2.24) is 5.32 Å². The number of hydrogen-bond donors (Lipinski definition) is 2. The van der Waals surface area contributed by atoms with Crippen LogP contribution in [-0.2, 0) is 0 Å². The predicted molar refractivity (Wildman–Crippen MR) is 95.0 cm³/mol. The number of urea groups is 1. The maximum absolute atomic E-state index is 12.9. The third-order valence-electron chi connectivity index (χ3n) is 4.31. The van der Waals surface area contributed by atoms with Gasteiger partial charge in [0.05, 0.1) is 0 Å². The summed E-state index contributed by atoms with van der Waals surface area (Å²) in [6.07, 6.45) is 2.19. The highest BCUT2D eigenvalue weighted by atomic mass is 19.1. The summed E-state index contributed by atoms with van der Waals surface area (Å²) in [5, 5.41) is 5.64. The lowest BCUT2D eigenvalue weighted by atomic mass is 10.1. The van der Waals surface area contributed by atoms with Gasteiger partial charge in [0, 0.05) is 30.5 Å². The first kappa shape index (κ1) is 16.3. The van der Waals surface area contributed by atoms with Crippen LogP contribution < -0.4 is 15.5 Å². The van der Waals surface area contributed by atoms with Crippen LogP contribution in [0.3, 0.4) is 0 Å². The summed E-state index contributed by atoms with van der Waals surface area (Å²) in [4.78, 5) is 14.4. The average molecular weight is 327 g/mol. The number of carbonyl (C=O) groups excluding carboxylic acids is 1. The molecule has 2 aromatic rings. The van der Waals surface area contributed by atoms with E-state index in [1.54, 1.807) is 12.1 Å². The van der Waals surface area contributed by atoms with Gasteiger partial charge in [0.15, 0.2) is 0 Å². The molecular weight excluding hydrogens is 305 g/mol. The zero-order valence-corrected chi connectivity index (χ0v) is 13.8. The molecule has 2 N–H and O–H groups in total. The standard InChI is InChI=1S/C19H22FN3O/c1-14-4-2-5-17(12-14)23-11-3-6-18(23)13-21-19(24)22-16-9-7-15(20)8-10-16/h2,4-5,7-10,12,18H,3,6,11,13H2,1H3,(H2,21,22,24)/t18-/m1/s1. The van der Waals surface area contributed by atoms with E-state index in [4.69, 9.17) is 0 Å². The fraction of sp³-hybridized carbons (Fsp3) is 0.316. The molecule has 0 aliphatic carbocycles. The molecule has 1 fully saturated rings. The minimum Gasteiger partial charge on any atom is -0.367 e. The van der Waals surface area contributed by atoms with Crippen LogP contribution in [0.5, 0.6) is 0 Å². The van der Waals surface area contributed by atoms with Crippen LogP contribution in [0.2, 0.25) is 0 Å². The van der Waals surface area contributed by atoms with Gasteiger partial charge in [-0.25, -0.2) is 9.18 Å². The Morgan fingerprint density at radius 1 is 1.25 bits per heavy atom. The minimum absolute atomic E-state index is 0.266. The van der Waals surface area contributed by atoms with Crippen molar-refractivity contribution in [2.75, 3.05) is 23.3 Å². The maximum Gasteiger partial charge on any atom is 0.319 e. The molecule has 2 aromatic carbocycles. The van der Waals surface area contributed by atoms with Gasteiger partial charge in [-0.1, -0.05) is 12.1 Å². The SMILES string of the molecule is Cc1cccc(N2CCC[C@@H]2CNC(=O)Nc2ccc(F)cc2)c1. The molecule has 1 aliphatic rings. The number of rotatable bonds is 4. The Kier molecular flexibility index (Phi) is 4.99. The number of nitrogens with one attached hydrogen (secondary N) is 2. The number of amides is 2. The highest BCUT2D eigenvalue weighted by molar-refractivity contribution is 5.89. The smallest absolute Gasteiger partial charge is 0.319 e. The largest absolute Gasteiger partial charge is 0.367 e. The van der Waals surface area contributed by atoms with E-state index in [1.807, 2.05) is 0 Å². The first-order chi connectivity index (χ1) is 11.6. The van der Waals surface area contributed by atoms with Crippen LogP contribution in [0.1, 0.15) is 18.4 Å². The number of anilines is 2. The van der Waals surface area contributed by atoms with Gasteiger partial charge >= 0.3 is 6.03 Å². The van der Waals surface area contributed by atoms with Gasteiger partial charge in [0.1, 0.15) is 5.82 Å². The number of nitrogens with zero attached hydrogens (tertiary/aromatic N) is 1. The fourth-order valence-corrected chi connectivity index (χ4v) is 3.11. The van der Waals surface area contributed by atoms with Crippen LogP contribution in [0, 0.1) is 12.7 Å². The molecule has 0 aromatic heterocycles. The first-order valence-corrected chi connectivity index (χ1v) is 8.25. The second kappa shape index (κ2) is 7.34. The first-order valence-electron chi connectivity index (χ1n) is 8.25. The van der Waals surface area contributed by atoms with Crippen molar-refractivity contribution in [2.24, 2.45) is 0 Å². The summed E-state index contributed by atoms with van der Waals surface area (Å²) in [5.41, 5.74) is 3.02. The minimum atomic E-state index is -0.319. The highest BCUT2D eigenvalue weighted by Crippen LogP contribution is 2.25. The van der Waals surface area contributed by atoms with E-state index in [-0.39, 0.29) is 11.8 Å². The van der Waals surface area contributed by atoms with Gasteiger partial charge in [0.2, 0.25) is 0 Å². The van der Waals surface area contributed by atoms with E-state index in [2.05, 4.69) is 46.7 Å². The molecule has 24 heavy (non-hydrogen) atoms. The van der Waals surface area contributed by atoms with E-state index >= 15 is 0 Å². The Hall–Kier alpha value is -2.56. The van der Waals surface area contributed by atoms with Crippen molar-refractivity contribution in [3.05, 3.63) is 59.9 Å². The van der Waals surface area contributed by atoms with Crippen molar-refractivity contribution in [2.45, 2.75) is 25.8 Å². The molecule has 2 amide bonds. The molecule has 0 radical (unpaired) electrons. The molecule has 1 saturated heterocycles. The molecular formula is C19H22FN3O. The van der Waals surface area contributed by atoms with Gasteiger partial charge in [-0.3, -0.25) is 0 Å². The average Bonchev–Trinajstić information content (AvgIpc) is 3.04. The zero-order valence-electron chi connectivity index (χ0n) is 13.8. The quantitative estimate of drug-likeness (QED) is 0.894. The molecule has 4 nitrogen and oxygen atoms in total.